The van der Waals surface area contributed by atoms with Crippen molar-refractivity contribution in [3.8, 4) is 0 Å². The van der Waals surface area contributed by atoms with Crippen LogP contribution in [0.4, 0.5) is 0 Å². The van der Waals surface area contributed by atoms with Gasteiger partial charge in [0, 0.05) is 10.6 Å². The maximum Gasteiger partial charge on any atom is 0.0682 e. The van der Waals surface area contributed by atoms with Gasteiger partial charge >= 0.3 is 0 Å². The highest BCUT2D eigenvalue weighted by atomic mass is 32.2. The Labute approximate surface area is 90.5 Å². The van der Waals surface area contributed by atoms with Gasteiger partial charge in [-0.15, -0.1) is 11.8 Å². The molecule has 78 valence electrons. The maximum absolute atomic E-state index is 9.83. The summed E-state index contributed by atoms with van der Waals surface area (Å²) in [6.45, 7) is 6.18. The van der Waals surface area contributed by atoms with Crippen molar-refractivity contribution in [2.75, 3.05) is 5.75 Å². The molecule has 1 nitrogen and oxygen atoms in total. The fourth-order valence-electron chi connectivity index (χ4n) is 0.942. The summed E-state index contributed by atoms with van der Waals surface area (Å²) in [6, 6.07) is 10.2. The Morgan fingerprint density at radius 2 is 1.79 bits per heavy atom. The molecule has 0 fully saturated rings. The molecule has 0 saturated carbocycles. The van der Waals surface area contributed by atoms with Gasteiger partial charge in [0.2, 0.25) is 0 Å². The van der Waals surface area contributed by atoms with Crippen molar-refractivity contribution < 1.29 is 5.11 Å². The molecule has 1 rings (SSSR count). The molecule has 0 radical (unpaired) electrons. The summed E-state index contributed by atoms with van der Waals surface area (Å²) in [5.74, 6) is 0.757. The summed E-state index contributed by atoms with van der Waals surface area (Å²) in [5, 5.41) is 9.83. The molecule has 1 N–H and O–H groups in total. The van der Waals surface area contributed by atoms with Crippen LogP contribution in [-0.4, -0.2) is 17.0 Å². The van der Waals surface area contributed by atoms with E-state index in [0.29, 0.717) is 0 Å². The molecular weight excluding hydrogens is 192 g/mol. The molecule has 2 heteroatoms. The van der Waals surface area contributed by atoms with Crippen LogP contribution < -0.4 is 0 Å². The van der Waals surface area contributed by atoms with Crippen LogP contribution in [0.25, 0.3) is 0 Å². The lowest BCUT2D eigenvalue weighted by Gasteiger charge is -2.25. The Kier molecular flexibility index (Phi) is 4.02. The maximum atomic E-state index is 9.83. The molecule has 0 aliphatic carbocycles. The molecule has 0 bridgehead atoms. The lowest BCUT2D eigenvalue weighted by atomic mass is 9.90. The highest BCUT2D eigenvalue weighted by Gasteiger charge is 2.21. The molecule has 0 amide bonds. The third kappa shape index (κ3) is 3.72. The van der Waals surface area contributed by atoms with Crippen molar-refractivity contribution in [3.63, 3.8) is 0 Å². The van der Waals surface area contributed by atoms with Gasteiger partial charge in [0.25, 0.3) is 0 Å². The number of aliphatic hydroxyl groups is 1. The fraction of sp³-hybridized carbons (Fsp3) is 0.500. The zero-order chi connectivity index (χ0) is 10.6. The van der Waals surface area contributed by atoms with Crippen LogP contribution in [0.3, 0.4) is 0 Å². The van der Waals surface area contributed by atoms with E-state index in [0.717, 1.165) is 5.75 Å². The molecule has 1 atom stereocenters. The van der Waals surface area contributed by atoms with Crippen molar-refractivity contribution in [1.82, 2.24) is 0 Å². The Morgan fingerprint density at radius 3 is 2.29 bits per heavy atom. The quantitative estimate of drug-likeness (QED) is 0.773. The molecule has 0 heterocycles. The molecule has 0 aromatic heterocycles. The SMILES string of the molecule is CC(C)(C)C(O)CSc1ccccc1. The molecule has 1 aromatic rings. The van der Waals surface area contributed by atoms with Crippen LogP contribution >= 0.6 is 11.8 Å². The minimum Gasteiger partial charge on any atom is -0.392 e. The Hall–Kier alpha value is -0.470. The van der Waals surface area contributed by atoms with Crippen molar-refractivity contribution in [2.45, 2.75) is 31.8 Å². The van der Waals surface area contributed by atoms with Crippen molar-refractivity contribution >= 4 is 11.8 Å². The Balaban J connectivity index is 2.42. The lowest BCUT2D eigenvalue weighted by molar-refractivity contribution is 0.0843. The topological polar surface area (TPSA) is 20.2 Å². The largest absolute Gasteiger partial charge is 0.392 e. The predicted octanol–water partition coefficient (Wildman–Crippen LogP) is 3.19. The minimum absolute atomic E-state index is 0.0260. The molecule has 0 spiro atoms. The second-order valence-corrected chi connectivity index (χ2v) is 5.60. The van der Waals surface area contributed by atoms with Crippen LogP contribution in [-0.2, 0) is 0 Å². The van der Waals surface area contributed by atoms with E-state index in [2.05, 4.69) is 32.9 Å². The average molecular weight is 210 g/mol. The molecule has 0 aliphatic heterocycles. The van der Waals surface area contributed by atoms with Gasteiger partial charge in [0.1, 0.15) is 0 Å². The highest BCUT2D eigenvalue weighted by molar-refractivity contribution is 7.99. The lowest BCUT2D eigenvalue weighted by Crippen LogP contribution is -2.28. The Bertz CT molecular complexity index is 263. The third-order valence-electron chi connectivity index (χ3n) is 2.15. The van der Waals surface area contributed by atoms with Crippen LogP contribution in [0.5, 0.6) is 0 Å². The van der Waals surface area contributed by atoms with Crippen LogP contribution in [0.15, 0.2) is 35.2 Å². The molecule has 1 unspecified atom stereocenters. The van der Waals surface area contributed by atoms with Crippen LogP contribution in [0, 0.1) is 5.41 Å². The molecule has 0 saturated heterocycles. The fourth-order valence-corrected chi connectivity index (χ4v) is 2.14. The number of hydrogen-bond donors (Lipinski definition) is 1. The summed E-state index contributed by atoms with van der Waals surface area (Å²) >= 11 is 1.71. The number of hydrogen-bond acceptors (Lipinski definition) is 2. The van der Waals surface area contributed by atoms with E-state index >= 15 is 0 Å². The zero-order valence-electron chi connectivity index (χ0n) is 9.03. The third-order valence-corrected chi connectivity index (χ3v) is 3.24. The molecule has 14 heavy (non-hydrogen) atoms. The first-order valence-corrected chi connectivity index (χ1v) is 5.84. The van der Waals surface area contributed by atoms with Gasteiger partial charge in [-0.2, -0.15) is 0 Å². The summed E-state index contributed by atoms with van der Waals surface area (Å²) in [4.78, 5) is 1.22. The van der Waals surface area contributed by atoms with E-state index in [9.17, 15) is 5.11 Å². The van der Waals surface area contributed by atoms with Crippen LogP contribution in [0.2, 0.25) is 0 Å². The van der Waals surface area contributed by atoms with E-state index in [-0.39, 0.29) is 11.5 Å². The zero-order valence-corrected chi connectivity index (χ0v) is 9.84. The normalized spacial score (nSPS) is 14.0. The summed E-state index contributed by atoms with van der Waals surface area (Å²) in [5.41, 5.74) is -0.0260. The predicted molar refractivity (Wildman–Crippen MR) is 62.6 cm³/mol. The van der Waals surface area contributed by atoms with Crippen molar-refractivity contribution in [3.05, 3.63) is 30.3 Å². The summed E-state index contributed by atoms with van der Waals surface area (Å²) in [7, 11) is 0. The number of benzene rings is 1. The van der Waals surface area contributed by atoms with E-state index in [1.165, 1.54) is 4.90 Å². The van der Waals surface area contributed by atoms with E-state index in [1.54, 1.807) is 11.8 Å². The smallest absolute Gasteiger partial charge is 0.0682 e. The highest BCUT2D eigenvalue weighted by Crippen LogP contribution is 2.26. The number of thioether (sulfide) groups is 1. The van der Waals surface area contributed by atoms with Gasteiger partial charge in [-0.1, -0.05) is 39.0 Å². The first-order valence-electron chi connectivity index (χ1n) is 4.86. The second-order valence-electron chi connectivity index (χ2n) is 4.51. The van der Waals surface area contributed by atoms with E-state index in [1.807, 2.05) is 18.2 Å². The molecule has 1 aromatic carbocycles. The summed E-state index contributed by atoms with van der Waals surface area (Å²) in [6.07, 6.45) is -0.257. The average Bonchev–Trinajstić information content (AvgIpc) is 2.14. The monoisotopic (exact) mass is 210 g/mol. The van der Waals surface area contributed by atoms with Gasteiger partial charge in [-0.3, -0.25) is 0 Å². The van der Waals surface area contributed by atoms with Gasteiger partial charge in [0.15, 0.2) is 0 Å². The second kappa shape index (κ2) is 4.85. The first kappa shape index (κ1) is 11.6. The van der Waals surface area contributed by atoms with E-state index < -0.39 is 0 Å². The first-order chi connectivity index (χ1) is 6.50. The van der Waals surface area contributed by atoms with Gasteiger partial charge in [-0.25, -0.2) is 0 Å². The van der Waals surface area contributed by atoms with Crippen molar-refractivity contribution in [1.29, 1.82) is 0 Å². The molecule has 0 aliphatic rings. The van der Waals surface area contributed by atoms with Gasteiger partial charge in [0.05, 0.1) is 6.10 Å². The number of rotatable bonds is 3. The van der Waals surface area contributed by atoms with Gasteiger partial charge in [-0.05, 0) is 17.5 Å². The minimum atomic E-state index is -0.257. The Morgan fingerprint density at radius 1 is 1.21 bits per heavy atom. The van der Waals surface area contributed by atoms with Crippen LogP contribution in [0.1, 0.15) is 20.8 Å². The van der Waals surface area contributed by atoms with Gasteiger partial charge < -0.3 is 5.11 Å². The summed E-state index contributed by atoms with van der Waals surface area (Å²) < 4.78 is 0. The molecular formula is C12H18OS. The van der Waals surface area contributed by atoms with Crippen molar-refractivity contribution in [2.24, 2.45) is 5.41 Å². The number of aliphatic hydroxyl groups excluding tert-OH is 1. The van der Waals surface area contributed by atoms with E-state index in [4.69, 9.17) is 0 Å². The standard InChI is InChI=1S/C12H18OS/c1-12(2,3)11(13)9-14-10-7-5-4-6-8-10/h4-8,11,13H,9H2,1-3H3.